The van der Waals surface area contributed by atoms with Gasteiger partial charge in [-0.05, 0) is 37.3 Å². The van der Waals surface area contributed by atoms with E-state index < -0.39 is 6.03 Å². The predicted molar refractivity (Wildman–Crippen MR) is 112 cm³/mol. The van der Waals surface area contributed by atoms with Crippen molar-refractivity contribution in [2.75, 3.05) is 11.4 Å². The molecule has 1 aromatic carbocycles. The lowest BCUT2D eigenvalue weighted by atomic mass is 9.87. The summed E-state index contributed by atoms with van der Waals surface area (Å²) < 4.78 is 11.4. The first-order valence-corrected chi connectivity index (χ1v) is 10.5. The third-order valence-electron chi connectivity index (χ3n) is 5.61. The molecule has 8 heteroatoms. The summed E-state index contributed by atoms with van der Waals surface area (Å²) in [4.78, 5) is 41.3. The van der Waals surface area contributed by atoms with Crippen LogP contribution in [0.1, 0.15) is 37.7 Å². The van der Waals surface area contributed by atoms with Gasteiger partial charge in [-0.3, -0.25) is 19.8 Å². The van der Waals surface area contributed by atoms with Gasteiger partial charge in [0.25, 0.3) is 0 Å². The van der Waals surface area contributed by atoms with E-state index in [-0.39, 0.29) is 30.3 Å². The van der Waals surface area contributed by atoms with Crippen LogP contribution in [0.5, 0.6) is 5.88 Å². The Hall–Kier alpha value is -3.42. The van der Waals surface area contributed by atoms with Crippen LogP contribution in [-0.4, -0.2) is 35.5 Å². The maximum atomic E-state index is 12.3. The van der Waals surface area contributed by atoms with E-state index in [0.29, 0.717) is 24.7 Å². The summed E-state index contributed by atoms with van der Waals surface area (Å²) in [7, 11) is 0. The first-order chi connectivity index (χ1) is 15.1. The van der Waals surface area contributed by atoms with Gasteiger partial charge in [0.05, 0.1) is 17.8 Å². The zero-order valence-corrected chi connectivity index (χ0v) is 17.2. The van der Waals surface area contributed by atoms with Crippen molar-refractivity contribution in [2.45, 2.75) is 44.8 Å². The fourth-order valence-corrected chi connectivity index (χ4v) is 3.85. The van der Waals surface area contributed by atoms with Gasteiger partial charge in [0, 0.05) is 19.0 Å². The summed E-state index contributed by atoms with van der Waals surface area (Å²) in [5, 5.41) is 2.29. The lowest BCUT2D eigenvalue weighted by Gasteiger charge is -2.28. The molecule has 1 saturated heterocycles. The molecule has 0 unspecified atom stereocenters. The van der Waals surface area contributed by atoms with E-state index in [4.69, 9.17) is 9.47 Å². The zero-order chi connectivity index (χ0) is 21.6. The molecule has 1 saturated carbocycles. The van der Waals surface area contributed by atoms with E-state index in [0.717, 1.165) is 31.2 Å². The Morgan fingerprint density at radius 2 is 1.84 bits per heavy atom. The number of pyridine rings is 1. The van der Waals surface area contributed by atoms with Crippen LogP contribution >= 0.6 is 0 Å². The maximum Gasteiger partial charge on any atom is 0.328 e. The van der Waals surface area contributed by atoms with Crippen LogP contribution < -0.4 is 15.0 Å². The average Bonchev–Trinajstić information content (AvgIpc) is 2.79. The van der Waals surface area contributed by atoms with Crippen molar-refractivity contribution >= 4 is 23.6 Å². The number of rotatable bonds is 6. The molecule has 0 atom stereocenters. The largest absolute Gasteiger partial charge is 0.474 e. The molecule has 0 radical (unpaired) electrons. The first kappa shape index (κ1) is 20.8. The maximum absolute atomic E-state index is 12.3. The minimum Gasteiger partial charge on any atom is -0.474 e. The van der Waals surface area contributed by atoms with E-state index in [1.54, 1.807) is 18.3 Å². The molecule has 1 N–H and O–H groups in total. The van der Waals surface area contributed by atoms with E-state index >= 15 is 0 Å². The van der Waals surface area contributed by atoms with Crippen molar-refractivity contribution in [2.24, 2.45) is 5.92 Å². The minimum absolute atomic E-state index is 0.00701. The van der Waals surface area contributed by atoms with Crippen LogP contribution in [-0.2, 0) is 20.9 Å². The number of carbonyl (C=O) groups excluding carboxylic acids is 3. The summed E-state index contributed by atoms with van der Waals surface area (Å²) in [6, 6.07) is 12.7. The topological polar surface area (TPSA) is 97.8 Å². The van der Waals surface area contributed by atoms with Crippen LogP contribution in [0.25, 0.3) is 0 Å². The first-order valence-electron chi connectivity index (χ1n) is 10.5. The average molecular weight is 423 g/mol. The monoisotopic (exact) mass is 423 g/mol. The van der Waals surface area contributed by atoms with E-state index in [2.05, 4.69) is 10.3 Å². The van der Waals surface area contributed by atoms with E-state index in [1.807, 2.05) is 30.3 Å². The number of aromatic nitrogens is 1. The van der Waals surface area contributed by atoms with Crippen LogP contribution in [0.15, 0.2) is 48.7 Å². The normalized spacial score (nSPS) is 21.4. The molecule has 1 aliphatic heterocycles. The van der Waals surface area contributed by atoms with Gasteiger partial charge in [-0.2, -0.15) is 0 Å². The number of hydrogen-bond donors (Lipinski definition) is 1. The van der Waals surface area contributed by atoms with Gasteiger partial charge < -0.3 is 9.47 Å². The van der Waals surface area contributed by atoms with Crippen molar-refractivity contribution in [3.8, 4) is 5.88 Å². The highest BCUT2D eigenvalue weighted by molar-refractivity contribution is 6.05. The summed E-state index contributed by atoms with van der Waals surface area (Å²) in [6.45, 7) is 0.631. The molecular weight excluding hydrogens is 398 g/mol. The molecule has 1 aliphatic carbocycles. The van der Waals surface area contributed by atoms with Crippen molar-refractivity contribution in [3.05, 3.63) is 54.2 Å². The number of anilines is 1. The van der Waals surface area contributed by atoms with Crippen molar-refractivity contribution in [1.29, 1.82) is 0 Å². The van der Waals surface area contributed by atoms with Crippen molar-refractivity contribution in [1.82, 2.24) is 10.3 Å². The number of urea groups is 1. The zero-order valence-electron chi connectivity index (χ0n) is 17.2. The second kappa shape index (κ2) is 9.59. The van der Waals surface area contributed by atoms with E-state index in [9.17, 15) is 14.4 Å². The number of benzene rings is 1. The van der Waals surface area contributed by atoms with Gasteiger partial charge in [0.1, 0.15) is 12.7 Å². The molecule has 2 fully saturated rings. The fraction of sp³-hybridized carbons (Fsp3) is 0.391. The quantitative estimate of drug-likeness (QED) is 0.717. The smallest absolute Gasteiger partial charge is 0.328 e. The van der Waals surface area contributed by atoms with E-state index in [1.165, 1.54) is 4.90 Å². The van der Waals surface area contributed by atoms with Crippen LogP contribution in [0.3, 0.4) is 0 Å². The molecule has 2 aliphatic rings. The number of nitrogens with zero attached hydrogens (tertiary/aromatic N) is 2. The number of ether oxygens (including phenoxy) is 2. The Balaban J connectivity index is 1.23. The minimum atomic E-state index is -0.441. The Labute approximate surface area is 180 Å². The van der Waals surface area contributed by atoms with Gasteiger partial charge in [0.15, 0.2) is 0 Å². The molecule has 3 amide bonds. The van der Waals surface area contributed by atoms with Crippen LogP contribution in [0, 0.1) is 5.92 Å². The Morgan fingerprint density at radius 3 is 2.52 bits per heavy atom. The van der Waals surface area contributed by atoms with Gasteiger partial charge in [-0.15, -0.1) is 0 Å². The fourth-order valence-electron chi connectivity index (χ4n) is 3.85. The van der Waals surface area contributed by atoms with Gasteiger partial charge in [0.2, 0.25) is 11.8 Å². The molecule has 8 nitrogen and oxygen atoms in total. The lowest BCUT2D eigenvalue weighted by Crippen LogP contribution is -2.49. The third-order valence-corrected chi connectivity index (χ3v) is 5.61. The number of imide groups is 1. The molecule has 2 heterocycles. The van der Waals surface area contributed by atoms with Crippen LogP contribution in [0.2, 0.25) is 0 Å². The number of carbonyl (C=O) groups is 3. The molecule has 1 aromatic heterocycles. The Morgan fingerprint density at radius 1 is 1.06 bits per heavy atom. The highest BCUT2D eigenvalue weighted by Gasteiger charge is 2.29. The highest BCUT2D eigenvalue weighted by Crippen LogP contribution is 2.29. The third kappa shape index (κ3) is 5.39. The Bertz CT molecular complexity index is 924. The van der Waals surface area contributed by atoms with Gasteiger partial charge in [-0.25, -0.2) is 9.78 Å². The molecule has 2 aromatic rings. The molecule has 0 spiro atoms. The van der Waals surface area contributed by atoms with Gasteiger partial charge >= 0.3 is 12.0 Å². The summed E-state index contributed by atoms with van der Waals surface area (Å²) >= 11 is 0. The predicted octanol–water partition coefficient (Wildman–Crippen LogP) is 3.21. The molecule has 4 rings (SSSR count). The SMILES string of the molecule is O=C1CCN(c2ccc(OC3CCC(C(=O)OCc4ccccc4)CC3)nc2)C(=O)N1. The van der Waals surface area contributed by atoms with Crippen molar-refractivity contribution < 1.29 is 23.9 Å². The standard InChI is InChI=1S/C23H25N3O5/c27-20-12-13-26(23(29)25-20)18-8-11-21(24-14-18)31-19-9-6-17(7-10-19)22(28)30-15-16-4-2-1-3-5-16/h1-5,8,11,14,17,19H,6-7,9-10,12-13,15H2,(H,25,27,29). The number of hydrogen-bond acceptors (Lipinski definition) is 6. The number of esters is 1. The lowest BCUT2D eigenvalue weighted by molar-refractivity contribution is -0.151. The molecular formula is C23H25N3O5. The molecule has 0 bridgehead atoms. The molecule has 31 heavy (non-hydrogen) atoms. The van der Waals surface area contributed by atoms with Crippen molar-refractivity contribution in [3.63, 3.8) is 0 Å². The second-order valence-corrected chi connectivity index (χ2v) is 7.79. The highest BCUT2D eigenvalue weighted by atomic mass is 16.5. The summed E-state index contributed by atoms with van der Waals surface area (Å²) in [6.07, 6.45) is 4.78. The summed E-state index contributed by atoms with van der Waals surface area (Å²) in [5.41, 5.74) is 1.60. The number of nitrogens with one attached hydrogen (secondary N) is 1. The number of amides is 3. The molecule has 162 valence electrons. The van der Waals surface area contributed by atoms with Crippen LogP contribution in [0.4, 0.5) is 10.5 Å². The Kier molecular flexibility index (Phi) is 6.45. The summed E-state index contributed by atoms with van der Waals surface area (Å²) in [5.74, 6) is -0.0386. The second-order valence-electron chi connectivity index (χ2n) is 7.79. The van der Waals surface area contributed by atoms with Gasteiger partial charge in [-0.1, -0.05) is 30.3 Å².